The molecule has 8 heteroatoms. The van der Waals surface area contributed by atoms with Gasteiger partial charge in [-0.3, -0.25) is 14.4 Å². The lowest BCUT2D eigenvalue weighted by Gasteiger charge is -2.40. The Labute approximate surface area is 142 Å². The third kappa shape index (κ3) is 2.10. The van der Waals surface area contributed by atoms with Crippen LogP contribution in [0.2, 0.25) is 0 Å². The first-order valence-electron chi connectivity index (χ1n) is 7.92. The fraction of sp³-hybridized carbons (Fsp3) is 0.353. The largest absolute Gasteiger partial charge is 0.511 e. The minimum Gasteiger partial charge on any atom is -0.511 e. The molecule has 0 spiro atoms. The lowest BCUT2D eigenvalue weighted by molar-refractivity contribution is -0.127. The van der Waals surface area contributed by atoms with Gasteiger partial charge in [0.25, 0.3) is 5.91 Å². The van der Waals surface area contributed by atoms with Crippen molar-refractivity contribution in [1.29, 1.82) is 0 Å². The van der Waals surface area contributed by atoms with Gasteiger partial charge in [-0.1, -0.05) is 0 Å². The number of Topliss-reactive ketones (excluding diaryl/α,β-unsaturated/α-hetero) is 2. The van der Waals surface area contributed by atoms with Crippen molar-refractivity contribution in [3.8, 4) is 0 Å². The number of primary amides is 1. The summed E-state index contributed by atoms with van der Waals surface area (Å²) in [7, 11) is 0. The van der Waals surface area contributed by atoms with Crippen LogP contribution in [0.3, 0.4) is 0 Å². The third-order valence-corrected chi connectivity index (χ3v) is 5.27. The Hall–Kier alpha value is -3.03. The van der Waals surface area contributed by atoms with Crippen molar-refractivity contribution < 1.29 is 24.6 Å². The first-order chi connectivity index (χ1) is 11.9. The number of rotatable bonds is 1. The van der Waals surface area contributed by atoms with Crippen LogP contribution in [0, 0.1) is 17.8 Å². The fourth-order valence-corrected chi connectivity index (χ4v) is 4.26. The van der Waals surface area contributed by atoms with Crippen LogP contribution in [0.15, 0.2) is 29.4 Å². The summed E-state index contributed by atoms with van der Waals surface area (Å²) < 4.78 is 0. The number of aromatic nitrogens is 2. The van der Waals surface area contributed by atoms with Crippen LogP contribution < -0.4 is 5.73 Å². The molecule has 1 unspecified atom stereocenters. The van der Waals surface area contributed by atoms with E-state index in [-0.39, 0.29) is 23.7 Å². The second-order valence-electron chi connectivity index (χ2n) is 6.65. The van der Waals surface area contributed by atoms with Crippen LogP contribution in [0.5, 0.6) is 0 Å². The number of amides is 1. The van der Waals surface area contributed by atoms with Gasteiger partial charge in [-0.05, 0) is 24.7 Å². The average Bonchev–Trinajstić information content (AvgIpc) is 2.53. The highest BCUT2D eigenvalue weighted by atomic mass is 16.3. The molecule has 3 aliphatic rings. The standard InChI is InChI=1S/C17H15N3O5/c18-17(25)12-9(21)3-7-1-6-2-8-4-19-5-20-13(8)16(24)11(6)14(22)10(7)15(12)23/h4-7,10,23-24H,1-3H2,(H2,18,25)/t6-,7+,10?/m1/s1. The zero-order valence-electron chi connectivity index (χ0n) is 13.1. The fourth-order valence-electron chi connectivity index (χ4n) is 4.26. The Balaban J connectivity index is 1.85. The molecule has 0 radical (unpaired) electrons. The Kier molecular flexibility index (Phi) is 3.24. The quantitative estimate of drug-likeness (QED) is 0.627. The summed E-state index contributed by atoms with van der Waals surface area (Å²) in [5.41, 5.74) is 5.89. The highest BCUT2D eigenvalue weighted by molar-refractivity contribution is 6.21. The van der Waals surface area contributed by atoms with Gasteiger partial charge in [0.05, 0.1) is 5.92 Å². The predicted molar refractivity (Wildman–Crippen MR) is 83.9 cm³/mol. The summed E-state index contributed by atoms with van der Waals surface area (Å²) in [6.07, 6.45) is 3.77. The van der Waals surface area contributed by atoms with E-state index < -0.39 is 40.6 Å². The van der Waals surface area contributed by atoms with E-state index in [1.165, 1.54) is 6.33 Å². The van der Waals surface area contributed by atoms with E-state index in [1.54, 1.807) is 6.20 Å². The van der Waals surface area contributed by atoms with Crippen molar-refractivity contribution in [2.24, 2.45) is 23.5 Å². The maximum Gasteiger partial charge on any atom is 0.255 e. The van der Waals surface area contributed by atoms with Crippen molar-refractivity contribution >= 4 is 23.2 Å². The maximum absolute atomic E-state index is 13.0. The molecule has 1 amide bonds. The summed E-state index contributed by atoms with van der Waals surface area (Å²) in [6.45, 7) is 0. The van der Waals surface area contributed by atoms with Crippen LogP contribution in [0.25, 0.3) is 5.76 Å². The van der Waals surface area contributed by atoms with Crippen molar-refractivity contribution in [2.45, 2.75) is 19.3 Å². The van der Waals surface area contributed by atoms with Crippen LogP contribution >= 0.6 is 0 Å². The molecule has 1 aromatic heterocycles. The second-order valence-corrected chi connectivity index (χ2v) is 6.65. The van der Waals surface area contributed by atoms with Crippen LogP contribution in [-0.4, -0.2) is 37.7 Å². The topological polar surface area (TPSA) is 143 Å². The van der Waals surface area contributed by atoms with Crippen LogP contribution in [0.1, 0.15) is 24.1 Å². The Morgan fingerprint density at radius 2 is 2.00 bits per heavy atom. The molecule has 25 heavy (non-hydrogen) atoms. The number of aliphatic hydroxyl groups excluding tert-OH is 2. The van der Waals surface area contributed by atoms with E-state index in [9.17, 15) is 24.6 Å². The summed E-state index contributed by atoms with van der Waals surface area (Å²) in [5, 5.41) is 20.9. The maximum atomic E-state index is 13.0. The molecule has 1 fully saturated rings. The van der Waals surface area contributed by atoms with Gasteiger partial charge in [-0.2, -0.15) is 0 Å². The summed E-state index contributed by atoms with van der Waals surface area (Å²) in [6, 6.07) is 0. The number of allylic oxidation sites excluding steroid dienone is 2. The van der Waals surface area contributed by atoms with Gasteiger partial charge in [-0.25, -0.2) is 9.97 Å². The van der Waals surface area contributed by atoms with Gasteiger partial charge >= 0.3 is 0 Å². The van der Waals surface area contributed by atoms with Gasteiger partial charge in [0.15, 0.2) is 11.6 Å². The van der Waals surface area contributed by atoms with E-state index in [4.69, 9.17) is 5.73 Å². The number of hydrogen-bond donors (Lipinski definition) is 3. The molecule has 128 valence electrons. The Bertz CT molecular complexity index is 901. The van der Waals surface area contributed by atoms with E-state index in [0.717, 1.165) is 5.56 Å². The third-order valence-electron chi connectivity index (χ3n) is 5.27. The molecule has 0 saturated heterocycles. The molecule has 3 atom stereocenters. The monoisotopic (exact) mass is 341 g/mol. The lowest BCUT2D eigenvalue weighted by Crippen LogP contribution is -2.44. The molecule has 4 N–H and O–H groups in total. The number of ketones is 2. The lowest BCUT2D eigenvalue weighted by atomic mass is 9.62. The first kappa shape index (κ1) is 15.5. The highest BCUT2D eigenvalue weighted by Gasteiger charge is 2.50. The molecular weight excluding hydrogens is 326 g/mol. The molecule has 0 bridgehead atoms. The van der Waals surface area contributed by atoms with Crippen molar-refractivity contribution in [3.63, 3.8) is 0 Å². The number of aliphatic hydroxyl groups is 2. The SMILES string of the molecule is NC(=O)C1=C(O)C2C(=O)C3=C(O)c4ncncc4C[C@H]3C[C@H]2CC1=O. The summed E-state index contributed by atoms with van der Waals surface area (Å²) in [4.78, 5) is 44.5. The van der Waals surface area contributed by atoms with Crippen LogP contribution in [0.4, 0.5) is 0 Å². The highest BCUT2D eigenvalue weighted by Crippen LogP contribution is 2.48. The van der Waals surface area contributed by atoms with E-state index in [1.807, 2.05) is 0 Å². The summed E-state index contributed by atoms with van der Waals surface area (Å²) in [5.74, 6) is -4.60. The zero-order valence-corrected chi connectivity index (χ0v) is 13.1. The van der Waals surface area contributed by atoms with Crippen molar-refractivity contribution in [1.82, 2.24) is 9.97 Å². The zero-order chi connectivity index (χ0) is 17.9. The average molecular weight is 341 g/mol. The molecule has 4 rings (SSSR count). The number of carbonyl (C=O) groups excluding carboxylic acids is 3. The van der Waals surface area contributed by atoms with E-state index in [2.05, 4.69) is 9.97 Å². The normalized spacial score (nSPS) is 28.4. The molecule has 0 aliphatic heterocycles. The van der Waals surface area contributed by atoms with Gasteiger partial charge < -0.3 is 15.9 Å². The number of hydrogen-bond acceptors (Lipinski definition) is 7. The second kappa shape index (κ2) is 5.23. The smallest absolute Gasteiger partial charge is 0.255 e. The van der Waals surface area contributed by atoms with Gasteiger partial charge in [0.1, 0.15) is 29.1 Å². The Morgan fingerprint density at radius 1 is 1.24 bits per heavy atom. The minimum atomic E-state index is -1.05. The molecule has 1 aromatic rings. The molecule has 1 saturated carbocycles. The molecule has 3 aliphatic carbocycles. The number of fused-ring (bicyclic) bond motifs is 3. The van der Waals surface area contributed by atoms with E-state index in [0.29, 0.717) is 18.5 Å². The Morgan fingerprint density at radius 3 is 2.72 bits per heavy atom. The predicted octanol–water partition coefficient (Wildman–Crippen LogP) is 0.393. The van der Waals surface area contributed by atoms with Crippen LogP contribution in [-0.2, 0) is 20.8 Å². The minimum absolute atomic E-state index is 0.0264. The number of carbonyl (C=O) groups is 3. The number of nitrogens with zero attached hydrogens (tertiary/aromatic N) is 2. The molecule has 8 nitrogen and oxygen atoms in total. The molecule has 0 aromatic carbocycles. The van der Waals surface area contributed by atoms with Gasteiger partial charge in [0, 0.05) is 23.8 Å². The first-order valence-corrected chi connectivity index (χ1v) is 7.92. The molecular formula is C17H15N3O5. The van der Waals surface area contributed by atoms with Crippen molar-refractivity contribution in [3.05, 3.63) is 40.7 Å². The summed E-state index contributed by atoms with van der Waals surface area (Å²) >= 11 is 0. The van der Waals surface area contributed by atoms with Crippen molar-refractivity contribution in [2.75, 3.05) is 0 Å². The van der Waals surface area contributed by atoms with Gasteiger partial charge in [-0.15, -0.1) is 0 Å². The van der Waals surface area contributed by atoms with Gasteiger partial charge in [0.2, 0.25) is 0 Å². The molecule has 1 heterocycles. The number of nitrogens with two attached hydrogens (primary N) is 1. The van der Waals surface area contributed by atoms with E-state index >= 15 is 0 Å².